The predicted molar refractivity (Wildman–Crippen MR) is 87.0 cm³/mol. The van der Waals surface area contributed by atoms with E-state index in [4.69, 9.17) is 10.2 Å². The molecule has 0 saturated heterocycles. The van der Waals surface area contributed by atoms with Crippen molar-refractivity contribution in [3.63, 3.8) is 0 Å². The number of benzene rings is 1. The molecule has 0 atom stereocenters. The van der Waals surface area contributed by atoms with E-state index in [-0.39, 0.29) is 12.5 Å². The number of hydrogen-bond donors (Lipinski definition) is 2. The molecule has 3 heterocycles. The first kappa shape index (κ1) is 13.6. The van der Waals surface area contributed by atoms with Crippen LogP contribution in [0.2, 0.25) is 0 Å². The van der Waals surface area contributed by atoms with Gasteiger partial charge in [0.1, 0.15) is 0 Å². The third-order valence-electron chi connectivity index (χ3n) is 3.28. The van der Waals surface area contributed by atoms with Crippen LogP contribution in [0.1, 0.15) is 16.2 Å². The van der Waals surface area contributed by atoms with Gasteiger partial charge in [-0.2, -0.15) is 4.98 Å². The molecule has 0 unspecified atom stereocenters. The number of nitrogens with zero attached hydrogens (tertiary/aromatic N) is 3. The zero-order chi connectivity index (χ0) is 15.8. The second-order valence-corrected chi connectivity index (χ2v) is 5.91. The second kappa shape index (κ2) is 5.33. The number of nitrogens with one attached hydrogen (secondary N) is 1. The maximum absolute atomic E-state index is 12.2. The zero-order valence-electron chi connectivity index (χ0n) is 11.8. The van der Waals surface area contributed by atoms with E-state index >= 15 is 0 Å². The fourth-order valence-electron chi connectivity index (χ4n) is 2.23. The molecule has 4 rings (SSSR count). The maximum Gasteiger partial charge on any atom is 0.251 e. The van der Waals surface area contributed by atoms with Crippen LogP contribution in [-0.2, 0) is 6.54 Å². The van der Waals surface area contributed by atoms with E-state index in [0.717, 1.165) is 4.70 Å². The van der Waals surface area contributed by atoms with Crippen molar-refractivity contribution >= 4 is 43.8 Å². The fourth-order valence-corrected chi connectivity index (χ4v) is 2.95. The average Bonchev–Trinajstić information content (AvgIpc) is 3.13. The van der Waals surface area contributed by atoms with E-state index in [1.807, 2.05) is 6.07 Å². The van der Waals surface area contributed by atoms with Crippen LogP contribution in [0.25, 0.3) is 21.4 Å². The molecule has 7 nitrogen and oxygen atoms in total. The highest BCUT2D eigenvalue weighted by molar-refractivity contribution is 7.22. The zero-order valence-corrected chi connectivity index (χ0v) is 12.6. The number of carbonyl (C=O) groups excluding carboxylic acids is 1. The summed E-state index contributed by atoms with van der Waals surface area (Å²) < 4.78 is 6.46. The monoisotopic (exact) mass is 325 g/mol. The van der Waals surface area contributed by atoms with Gasteiger partial charge in [0.05, 0.1) is 16.8 Å². The molecule has 3 N–H and O–H groups in total. The Bertz CT molecular complexity index is 990. The largest absolute Gasteiger partial charge is 0.437 e. The number of pyridine rings is 1. The van der Waals surface area contributed by atoms with Crippen molar-refractivity contribution in [1.82, 2.24) is 20.3 Å². The number of amides is 1. The van der Waals surface area contributed by atoms with Gasteiger partial charge in [0.15, 0.2) is 16.4 Å². The lowest BCUT2D eigenvalue weighted by Gasteiger charge is -2.02. The number of carbonyl (C=O) groups is 1. The van der Waals surface area contributed by atoms with Gasteiger partial charge >= 0.3 is 0 Å². The van der Waals surface area contributed by atoms with E-state index in [1.54, 1.807) is 30.5 Å². The molecular formula is C15H11N5O2S. The number of nitrogen functional groups attached to an aromatic ring is 1. The van der Waals surface area contributed by atoms with Crippen LogP contribution >= 0.6 is 11.3 Å². The number of hydrogen-bond acceptors (Lipinski definition) is 7. The van der Waals surface area contributed by atoms with Gasteiger partial charge in [-0.05, 0) is 30.3 Å². The maximum atomic E-state index is 12.2. The highest BCUT2D eigenvalue weighted by atomic mass is 32.1. The SMILES string of the molecule is Nc1nc2cc(C(=O)NCc3nc4ncccc4o3)ccc2s1. The Morgan fingerprint density at radius 3 is 3.09 bits per heavy atom. The van der Waals surface area contributed by atoms with E-state index in [9.17, 15) is 4.79 Å². The van der Waals surface area contributed by atoms with Gasteiger partial charge in [0.2, 0.25) is 5.89 Å². The Balaban J connectivity index is 1.51. The summed E-state index contributed by atoms with van der Waals surface area (Å²) in [5.41, 5.74) is 8.01. The molecule has 3 aromatic heterocycles. The number of fused-ring (bicyclic) bond motifs is 2. The van der Waals surface area contributed by atoms with Crippen molar-refractivity contribution in [2.75, 3.05) is 5.73 Å². The van der Waals surface area contributed by atoms with Crippen molar-refractivity contribution < 1.29 is 9.21 Å². The van der Waals surface area contributed by atoms with Gasteiger partial charge in [-0.3, -0.25) is 4.79 Å². The number of thiazole rings is 1. The Kier molecular flexibility index (Phi) is 3.16. The van der Waals surface area contributed by atoms with Crippen LogP contribution in [0.3, 0.4) is 0 Å². The standard InChI is InChI=1S/C15H11N5O2S/c16-15-19-9-6-8(3-4-11(9)23-15)14(21)18-7-12-20-13-10(22-12)2-1-5-17-13/h1-6H,7H2,(H2,16,19)(H,18,21). The molecule has 1 aromatic carbocycles. The number of nitrogens with two attached hydrogens (primary N) is 1. The summed E-state index contributed by atoms with van der Waals surface area (Å²) in [7, 11) is 0. The average molecular weight is 325 g/mol. The van der Waals surface area contributed by atoms with Crippen LogP contribution in [0, 0.1) is 0 Å². The lowest BCUT2D eigenvalue weighted by Crippen LogP contribution is -2.22. The third kappa shape index (κ3) is 2.59. The summed E-state index contributed by atoms with van der Waals surface area (Å²) >= 11 is 1.39. The molecule has 1 amide bonds. The van der Waals surface area contributed by atoms with E-state index in [1.165, 1.54) is 11.3 Å². The quantitative estimate of drug-likeness (QED) is 0.599. The van der Waals surface area contributed by atoms with Gasteiger partial charge < -0.3 is 15.5 Å². The summed E-state index contributed by atoms with van der Waals surface area (Å²) in [4.78, 5) is 24.7. The van der Waals surface area contributed by atoms with Gasteiger partial charge in [-0.1, -0.05) is 11.3 Å². The lowest BCUT2D eigenvalue weighted by molar-refractivity contribution is 0.0947. The highest BCUT2D eigenvalue weighted by Crippen LogP contribution is 2.24. The summed E-state index contributed by atoms with van der Waals surface area (Å²) in [6.45, 7) is 0.187. The number of aromatic nitrogens is 3. The van der Waals surface area contributed by atoms with Gasteiger partial charge in [0, 0.05) is 11.8 Å². The van der Waals surface area contributed by atoms with E-state index < -0.39 is 0 Å². The minimum atomic E-state index is -0.228. The van der Waals surface area contributed by atoms with E-state index in [0.29, 0.717) is 33.3 Å². The Hall–Kier alpha value is -3.00. The number of rotatable bonds is 3. The topological polar surface area (TPSA) is 107 Å². The molecule has 0 aliphatic rings. The molecular weight excluding hydrogens is 314 g/mol. The molecule has 0 aliphatic carbocycles. The Morgan fingerprint density at radius 1 is 1.30 bits per heavy atom. The van der Waals surface area contributed by atoms with Crippen molar-refractivity contribution in [3.8, 4) is 0 Å². The molecule has 8 heteroatoms. The second-order valence-electron chi connectivity index (χ2n) is 4.85. The predicted octanol–water partition coefficient (Wildman–Crippen LogP) is 2.34. The molecule has 0 saturated carbocycles. The molecule has 0 bridgehead atoms. The molecule has 0 aliphatic heterocycles. The molecule has 0 radical (unpaired) electrons. The molecule has 114 valence electrons. The number of oxazole rings is 1. The smallest absolute Gasteiger partial charge is 0.251 e. The van der Waals surface area contributed by atoms with Crippen molar-refractivity contribution in [2.24, 2.45) is 0 Å². The van der Waals surface area contributed by atoms with E-state index in [2.05, 4.69) is 20.3 Å². The first-order chi connectivity index (χ1) is 11.2. The summed E-state index contributed by atoms with van der Waals surface area (Å²) in [6, 6.07) is 8.83. The lowest BCUT2D eigenvalue weighted by atomic mass is 10.2. The minimum Gasteiger partial charge on any atom is -0.437 e. The third-order valence-corrected chi connectivity index (χ3v) is 4.14. The molecule has 0 fully saturated rings. The van der Waals surface area contributed by atoms with Crippen LogP contribution in [0.15, 0.2) is 40.9 Å². The van der Waals surface area contributed by atoms with Crippen LogP contribution in [0.4, 0.5) is 5.13 Å². The highest BCUT2D eigenvalue weighted by Gasteiger charge is 2.11. The van der Waals surface area contributed by atoms with Crippen LogP contribution < -0.4 is 11.1 Å². The van der Waals surface area contributed by atoms with Crippen molar-refractivity contribution in [1.29, 1.82) is 0 Å². The first-order valence-corrected chi connectivity index (χ1v) is 7.65. The Morgan fingerprint density at radius 2 is 2.22 bits per heavy atom. The number of anilines is 1. The first-order valence-electron chi connectivity index (χ1n) is 6.84. The fraction of sp³-hybridized carbons (Fsp3) is 0.0667. The Labute approximate surface area is 134 Å². The summed E-state index contributed by atoms with van der Waals surface area (Å²) in [6.07, 6.45) is 1.64. The van der Waals surface area contributed by atoms with Crippen molar-refractivity contribution in [3.05, 3.63) is 48.0 Å². The normalized spacial score (nSPS) is 11.1. The molecule has 4 aromatic rings. The summed E-state index contributed by atoms with van der Waals surface area (Å²) in [5.74, 6) is 0.180. The van der Waals surface area contributed by atoms with Crippen molar-refractivity contribution in [2.45, 2.75) is 6.54 Å². The van der Waals surface area contributed by atoms with Crippen LogP contribution in [0.5, 0.6) is 0 Å². The molecule has 23 heavy (non-hydrogen) atoms. The van der Waals surface area contributed by atoms with Gasteiger partial charge in [-0.15, -0.1) is 0 Å². The van der Waals surface area contributed by atoms with Gasteiger partial charge in [0.25, 0.3) is 5.91 Å². The van der Waals surface area contributed by atoms with Crippen LogP contribution in [-0.4, -0.2) is 20.9 Å². The summed E-state index contributed by atoms with van der Waals surface area (Å²) in [5, 5.41) is 3.25. The molecule has 0 spiro atoms. The van der Waals surface area contributed by atoms with Gasteiger partial charge in [-0.25, -0.2) is 9.97 Å². The minimum absolute atomic E-state index is 0.187.